The largest absolute Gasteiger partial charge is 0.494 e. The van der Waals surface area contributed by atoms with Crippen LogP contribution in [0.4, 0.5) is 5.69 Å². The number of carbonyl (C=O) groups excluding carboxylic acids is 1. The molecule has 0 saturated carbocycles. The topological polar surface area (TPSA) is 73.1 Å². The molecule has 0 aliphatic carbocycles. The van der Waals surface area contributed by atoms with Crippen molar-refractivity contribution in [2.75, 3.05) is 24.8 Å². The number of rotatable bonds is 6. The summed E-state index contributed by atoms with van der Waals surface area (Å²) in [7, 11) is 3.36. The van der Waals surface area contributed by atoms with Crippen LogP contribution in [0.15, 0.2) is 53.7 Å². The maximum absolute atomic E-state index is 12.5. The van der Waals surface area contributed by atoms with Crippen molar-refractivity contribution >= 4 is 23.4 Å². The molecule has 1 aromatic heterocycles. The molecule has 26 heavy (non-hydrogen) atoms. The lowest BCUT2D eigenvalue weighted by Crippen LogP contribution is -2.27. The summed E-state index contributed by atoms with van der Waals surface area (Å²) in [4.78, 5) is 14.1. The fourth-order valence-electron chi connectivity index (χ4n) is 2.40. The van der Waals surface area contributed by atoms with Crippen LogP contribution in [0.1, 0.15) is 5.56 Å². The van der Waals surface area contributed by atoms with Gasteiger partial charge < -0.3 is 9.64 Å². The summed E-state index contributed by atoms with van der Waals surface area (Å²) in [6.07, 6.45) is 0. The molecule has 2 aromatic carbocycles. The van der Waals surface area contributed by atoms with Gasteiger partial charge in [0, 0.05) is 12.7 Å². The molecule has 8 heteroatoms. The molecule has 3 rings (SSSR count). The summed E-state index contributed by atoms with van der Waals surface area (Å²) >= 11 is 1.28. The zero-order valence-electron chi connectivity index (χ0n) is 14.8. The Morgan fingerprint density at radius 3 is 2.73 bits per heavy atom. The van der Waals surface area contributed by atoms with Crippen LogP contribution in [0.3, 0.4) is 0 Å². The maximum Gasteiger partial charge on any atom is 0.237 e. The number of aryl methyl sites for hydroxylation is 1. The Balaban J connectivity index is 1.76. The van der Waals surface area contributed by atoms with E-state index in [1.165, 1.54) is 11.8 Å². The van der Waals surface area contributed by atoms with Crippen LogP contribution in [0, 0.1) is 6.92 Å². The van der Waals surface area contributed by atoms with Crippen LogP contribution in [0.5, 0.6) is 5.75 Å². The van der Waals surface area contributed by atoms with E-state index >= 15 is 0 Å². The molecule has 1 amide bonds. The highest BCUT2D eigenvalue weighted by Gasteiger charge is 2.17. The minimum absolute atomic E-state index is 0.0352. The molecule has 0 saturated heterocycles. The summed E-state index contributed by atoms with van der Waals surface area (Å²) in [6.45, 7) is 1.98. The van der Waals surface area contributed by atoms with Crippen LogP contribution in [0.2, 0.25) is 0 Å². The van der Waals surface area contributed by atoms with E-state index in [-0.39, 0.29) is 11.7 Å². The van der Waals surface area contributed by atoms with Crippen molar-refractivity contribution in [3.05, 3.63) is 54.1 Å². The number of hydrogen-bond donors (Lipinski definition) is 0. The van der Waals surface area contributed by atoms with Gasteiger partial charge in [0.15, 0.2) is 0 Å². The lowest BCUT2D eigenvalue weighted by molar-refractivity contribution is -0.115. The normalized spacial score (nSPS) is 10.6. The summed E-state index contributed by atoms with van der Waals surface area (Å²) in [5.74, 6) is 0.851. The quantitative estimate of drug-likeness (QED) is 0.622. The first kappa shape index (κ1) is 17.9. The lowest BCUT2D eigenvalue weighted by Gasteiger charge is -2.16. The molecular weight excluding hydrogens is 350 g/mol. The molecule has 0 unspecified atom stereocenters. The molecule has 134 valence electrons. The fourth-order valence-corrected chi connectivity index (χ4v) is 3.20. The maximum atomic E-state index is 12.5. The van der Waals surface area contributed by atoms with E-state index in [2.05, 4.69) is 15.5 Å². The Labute approximate surface area is 156 Å². The number of hydrogen-bond acceptors (Lipinski definition) is 6. The zero-order valence-corrected chi connectivity index (χ0v) is 15.6. The van der Waals surface area contributed by atoms with Crippen molar-refractivity contribution in [1.82, 2.24) is 20.2 Å². The Hall–Kier alpha value is -2.87. The van der Waals surface area contributed by atoms with Gasteiger partial charge in [0.2, 0.25) is 11.1 Å². The number of tetrazole rings is 1. The number of methoxy groups -OCH3 is 1. The molecule has 0 spiro atoms. The van der Waals surface area contributed by atoms with Crippen LogP contribution in [-0.2, 0) is 4.79 Å². The third-order valence-corrected chi connectivity index (χ3v) is 4.75. The molecule has 0 aliphatic rings. The first-order valence-corrected chi connectivity index (χ1v) is 8.96. The van der Waals surface area contributed by atoms with Crippen LogP contribution in [-0.4, -0.2) is 46.0 Å². The van der Waals surface area contributed by atoms with E-state index in [4.69, 9.17) is 4.74 Å². The number of benzene rings is 2. The number of ether oxygens (including phenoxy) is 1. The van der Waals surface area contributed by atoms with Gasteiger partial charge in [-0.05, 0) is 47.2 Å². The van der Waals surface area contributed by atoms with Crippen molar-refractivity contribution in [3.63, 3.8) is 0 Å². The molecule has 0 fully saturated rings. The van der Waals surface area contributed by atoms with Crippen LogP contribution in [0.25, 0.3) is 5.69 Å². The molecule has 0 N–H and O–H groups in total. The first-order valence-electron chi connectivity index (χ1n) is 7.98. The second kappa shape index (κ2) is 8.01. The highest BCUT2D eigenvalue weighted by atomic mass is 32.2. The molecule has 0 bridgehead atoms. The molecule has 0 atom stereocenters. The third-order valence-electron chi connectivity index (χ3n) is 3.85. The van der Waals surface area contributed by atoms with Crippen molar-refractivity contribution in [2.45, 2.75) is 12.1 Å². The minimum Gasteiger partial charge on any atom is -0.494 e. The number of para-hydroxylation sites is 1. The average molecular weight is 369 g/mol. The fraction of sp³-hybridized carbons (Fsp3) is 0.222. The molecule has 1 heterocycles. The number of aromatic nitrogens is 4. The van der Waals surface area contributed by atoms with Crippen LogP contribution < -0.4 is 9.64 Å². The third kappa shape index (κ3) is 3.85. The lowest BCUT2D eigenvalue weighted by atomic mass is 10.2. The first-order chi connectivity index (χ1) is 12.6. The van der Waals surface area contributed by atoms with Crippen molar-refractivity contribution in [3.8, 4) is 11.4 Å². The number of amides is 1. The predicted molar refractivity (Wildman–Crippen MR) is 101 cm³/mol. The molecule has 0 radical (unpaired) electrons. The van der Waals surface area contributed by atoms with Gasteiger partial charge in [-0.2, -0.15) is 4.68 Å². The summed E-state index contributed by atoms with van der Waals surface area (Å²) in [5.41, 5.74) is 2.65. The Morgan fingerprint density at radius 1 is 1.23 bits per heavy atom. The van der Waals surface area contributed by atoms with Crippen molar-refractivity contribution in [2.24, 2.45) is 0 Å². The van der Waals surface area contributed by atoms with Gasteiger partial charge >= 0.3 is 0 Å². The second-order valence-electron chi connectivity index (χ2n) is 5.63. The predicted octanol–water partition coefficient (Wildman–Crippen LogP) is 2.73. The Morgan fingerprint density at radius 2 is 2.00 bits per heavy atom. The summed E-state index contributed by atoms with van der Waals surface area (Å²) in [6, 6.07) is 15.3. The van der Waals surface area contributed by atoms with E-state index in [0.29, 0.717) is 10.9 Å². The van der Waals surface area contributed by atoms with E-state index in [1.54, 1.807) is 23.7 Å². The number of carbonyl (C=O) groups is 1. The molecule has 0 aliphatic heterocycles. The zero-order chi connectivity index (χ0) is 18.5. The Kier molecular flexibility index (Phi) is 5.52. The standard InChI is InChI=1S/C18H19N5O2S/c1-13-9-10-16(25-3)15(11-13)23-18(19-20-21-23)26-12-17(24)22(2)14-7-5-4-6-8-14/h4-11H,12H2,1-3H3. The SMILES string of the molecule is COc1ccc(C)cc1-n1nnnc1SCC(=O)N(C)c1ccccc1. The molecule has 7 nitrogen and oxygen atoms in total. The monoisotopic (exact) mass is 369 g/mol. The highest BCUT2D eigenvalue weighted by molar-refractivity contribution is 7.99. The number of anilines is 1. The van der Waals surface area contributed by atoms with E-state index < -0.39 is 0 Å². The molecular formula is C18H19N5O2S. The van der Waals surface area contributed by atoms with Gasteiger partial charge in [0.05, 0.1) is 12.9 Å². The van der Waals surface area contributed by atoms with Gasteiger partial charge in [-0.1, -0.05) is 36.0 Å². The van der Waals surface area contributed by atoms with Gasteiger partial charge in [-0.25, -0.2) is 0 Å². The summed E-state index contributed by atoms with van der Waals surface area (Å²) < 4.78 is 6.99. The van der Waals surface area contributed by atoms with E-state index in [1.807, 2.05) is 55.5 Å². The molecule has 3 aromatic rings. The summed E-state index contributed by atoms with van der Waals surface area (Å²) in [5, 5.41) is 12.4. The van der Waals surface area contributed by atoms with Gasteiger partial charge in [0.1, 0.15) is 11.4 Å². The average Bonchev–Trinajstić information content (AvgIpc) is 3.14. The van der Waals surface area contributed by atoms with E-state index in [9.17, 15) is 4.79 Å². The Bertz CT molecular complexity index is 898. The minimum atomic E-state index is -0.0352. The van der Waals surface area contributed by atoms with E-state index in [0.717, 1.165) is 16.9 Å². The number of nitrogens with zero attached hydrogens (tertiary/aromatic N) is 5. The van der Waals surface area contributed by atoms with Crippen molar-refractivity contribution in [1.29, 1.82) is 0 Å². The highest BCUT2D eigenvalue weighted by Crippen LogP contribution is 2.27. The van der Waals surface area contributed by atoms with Crippen LogP contribution >= 0.6 is 11.8 Å². The van der Waals surface area contributed by atoms with Gasteiger partial charge in [-0.15, -0.1) is 5.10 Å². The van der Waals surface area contributed by atoms with Gasteiger partial charge in [-0.3, -0.25) is 4.79 Å². The second-order valence-corrected chi connectivity index (χ2v) is 6.57. The van der Waals surface area contributed by atoms with Crippen molar-refractivity contribution < 1.29 is 9.53 Å². The number of thioether (sulfide) groups is 1. The van der Waals surface area contributed by atoms with Gasteiger partial charge in [0.25, 0.3) is 0 Å². The smallest absolute Gasteiger partial charge is 0.237 e.